The predicted molar refractivity (Wildman–Crippen MR) is 92.4 cm³/mol. The SMILES string of the molecule is Cc1cc(NC(=O)c2sc(N(C)C)nc2N)cc(C)c1Br. The molecule has 0 fully saturated rings. The molecular weight excluding hydrogens is 352 g/mol. The van der Waals surface area contributed by atoms with Gasteiger partial charge in [-0.3, -0.25) is 4.79 Å². The number of amides is 1. The van der Waals surface area contributed by atoms with Gasteiger partial charge in [-0.15, -0.1) is 0 Å². The standard InChI is InChI=1S/C14H17BrN4OS/c1-7-5-9(6-8(2)10(7)15)17-13(20)11-12(16)18-14(21-11)19(3)4/h5-6H,16H2,1-4H3,(H,17,20). The van der Waals surface area contributed by atoms with E-state index in [-0.39, 0.29) is 11.7 Å². The fraction of sp³-hybridized carbons (Fsp3) is 0.286. The van der Waals surface area contributed by atoms with Crippen molar-refractivity contribution in [3.63, 3.8) is 0 Å². The number of nitrogens with two attached hydrogens (primary N) is 1. The third-order valence-electron chi connectivity index (χ3n) is 2.93. The second-order valence-corrected chi connectivity index (χ2v) is 6.75. The fourth-order valence-electron chi connectivity index (χ4n) is 1.88. The molecule has 1 heterocycles. The number of nitrogens with zero attached hydrogens (tertiary/aromatic N) is 2. The molecule has 21 heavy (non-hydrogen) atoms. The molecule has 0 aliphatic heterocycles. The molecule has 1 amide bonds. The Morgan fingerprint density at radius 1 is 1.33 bits per heavy atom. The lowest BCUT2D eigenvalue weighted by molar-refractivity contribution is 0.103. The molecule has 0 saturated heterocycles. The van der Waals surface area contributed by atoms with Gasteiger partial charge in [0.1, 0.15) is 10.7 Å². The van der Waals surface area contributed by atoms with Crippen LogP contribution in [0, 0.1) is 13.8 Å². The van der Waals surface area contributed by atoms with Gasteiger partial charge in [-0.05, 0) is 37.1 Å². The van der Waals surface area contributed by atoms with Crippen LogP contribution < -0.4 is 16.0 Å². The summed E-state index contributed by atoms with van der Waals surface area (Å²) >= 11 is 4.78. The largest absolute Gasteiger partial charge is 0.382 e. The maximum absolute atomic E-state index is 12.3. The lowest BCUT2D eigenvalue weighted by Crippen LogP contribution is -2.12. The fourth-order valence-corrected chi connectivity index (χ4v) is 2.91. The highest BCUT2D eigenvalue weighted by atomic mass is 79.9. The first-order valence-electron chi connectivity index (χ1n) is 6.31. The normalized spacial score (nSPS) is 10.5. The maximum atomic E-state index is 12.3. The van der Waals surface area contributed by atoms with E-state index in [4.69, 9.17) is 5.73 Å². The van der Waals surface area contributed by atoms with E-state index in [2.05, 4.69) is 26.2 Å². The van der Waals surface area contributed by atoms with Crippen molar-refractivity contribution in [3.8, 4) is 0 Å². The Morgan fingerprint density at radius 2 is 1.90 bits per heavy atom. The Balaban J connectivity index is 2.26. The number of rotatable bonds is 3. The topological polar surface area (TPSA) is 71.2 Å². The molecule has 0 aliphatic carbocycles. The van der Waals surface area contributed by atoms with Crippen molar-refractivity contribution in [2.45, 2.75) is 13.8 Å². The summed E-state index contributed by atoms with van der Waals surface area (Å²) in [5, 5.41) is 3.58. The number of aromatic nitrogens is 1. The molecule has 0 saturated carbocycles. The average Bonchev–Trinajstić information content (AvgIpc) is 2.78. The molecule has 1 aromatic carbocycles. The lowest BCUT2D eigenvalue weighted by atomic mass is 10.1. The van der Waals surface area contributed by atoms with Gasteiger partial charge in [-0.1, -0.05) is 27.3 Å². The maximum Gasteiger partial charge on any atom is 0.269 e. The number of benzene rings is 1. The predicted octanol–water partition coefficient (Wildman–Crippen LogP) is 3.42. The van der Waals surface area contributed by atoms with Gasteiger partial charge in [-0.2, -0.15) is 0 Å². The van der Waals surface area contributed by atoms with Crippen LogP contribution in [-0.4, -0.2) is 25.0 Å². The molecule has 3 N–H and O–H groups in total. The third kappa shape index (κ3) is 3.36. The van der Waals surface area contributed by atoms with Crippen LogP contribution in [0.2, 0.25) is 0 Å². The Bertz CT molecular complexity index is 673. The minimum Gasteiger partial charge on any atom is -0.382 e. The number of thiazole rings is 1. The van der Waals surface area contributed by atoms with Crippen molar-refractivity contribution in [2.75, 3.05) is 30.0 Å². The van der Waals surface area contributed by atoms with E-state index in [0.717, 1.165) is 21.3 Å². The molecule has 0 aliphatic rings. The summed E-state index contributed by atoms with van der Waals surface area (Å²) in [5.74, 6) is 0.0194. The lowest BCUT2D eigenvalue weighted by Gasteiger charge is -2.09. The van der Waals surface area contributed by atoms with E-state index in [1.165, 1.54) is 11.3 Å². The number of anilines is 3. The molecule has 112 valence electrons. The van der Waals surface area contributed by atoms with Gasteiger partial charge in [0.15, 0.2) is 5.13 Å². The Hall–Kier alpha value is -1.60. The Morgan fingerprint density at radius 3 is 2.38 bits per heavy atom. The van der Waals surface area contributed by atoms with E-state index in [0.29, 0.717) is 10.0 Å². The van der Waals surface area contributed by atoms with Crippen molar-refractivity contribution in [1.82, 2.24) is 4.98 Å². The minimum absolute atomic E-state index is 0.237. The van der Waals surface area contributed by atoms with Crippen LogP contribution in [0.3, 0.4) is 0 Å². The van der Waals surface area contributed by atoms with Crippen molar-refractivity contribution in [1.29, 1.82) is 0 Å². The summed E-state index contributed by atoms with van der Waals surface area (Å²) in [7, 11) is 3.73. The molecule has 0 unspecified atom stereocenters. The first-order chi connectivity index (χ1) is 9.79. The highest BCUT2D eigenvalue weighted by Gasteiger charge is 2.17. The highest BCUT2D eigenvalue weighted by Crippen LogP contribution is 2.29. The summed E-state index contributed by atoms with van der Waals surface area (Å²) < 4.78 is 1.05. The zero-order chi connectivity index (χ0) is 15.7. The number of aryl methyl sites for hydroxylation is 2. The molecule has 1 aromatic heterocycles. The zero-order valence-electron chi connectivity index (χ0n) is 12.3. The summed E-state index contributed by atoms with van der Waals surface area (Å²) in [5.41, 5.74) is 8.70. The molecule has 0 atom stereocenters. The summed E-state index contributed by atoms with van der Waals surface area (Å²) in [6.45, 7) is 3.97. The molecule has 2 rings (SSSR count). The number of nitrogens with one attached hydrogen (secondary N) is 1. The molecule has 0 radical (unpaired) electrons. The number of halogens is 1. The van der Waals surface area contributed by atoms with Gasteiger partial charge in [0, 0.05) is 24.3 Å². The Kier molecular flexibility index (Phi) is 4.53. The van der Waals surface area contributed by atoms with Gasteiger partial charge in [-0.25, -0.2) is 4.98 Å². The van der Waals surface area contributed by atoms with Crippen molar-refractivity contribution in [3.05, 3.63) is 32.6 Å². The van der Waals surface area contributed by atoms with Crippen LogP contribution in [0.1, 0.15) is 20.8 Å². The van der Waals surface area contributed by atoms with Gasteiger partial charge in [0.25, 0.3) is 5.91 Å². The van der Waals surface area contributed by atoms with E-state index in [9.17, 15) is 4.79 Å². The number of hydrogen-bond donors (Lipinski definition) is 2. The van der Waals surface area contributed by atoms with Crippen molar-refractivity contribution >= 4 is 49.8 Å². The smallest absolute Gasteiger partial charge is 0.269 e. The van der Waals surface area contributed by atoms with Crippen molar-refractivity contribution < 1.29 is 4.79 Å². The molecule has 7 heteroatoms. The summed E-state index contributed by atoms with van der Waals surface area (Å²) in [6, 6.07) is 3.83. The number of hydrogen-bond acceptors (Lipinski definition) is 5. The van der Waals surface area contributed by atoms with E-state index in [1.54, 1.807) is 0 Å². The van der Waals surface area contributed by atoms with Crippen molar-refractivity contribution in [2.24, 2.45) is 0 Å². The van der Waals surface area contributed by atoms with Crippen LogP contribution in [0.25, 0.3) is 0 Å². The summed E-state index contributed by atoms with van der Waals surface area (Å²) in [4.78, 5) is 18.8. The average molecular weight is 369 g/mol. The van der Waals surface area contributed by atoms with Crippen LogP contribution in [0.4, 0.5) is 16.6 Å². The Labute approximate surface area is 136 Å². The minimum atomic E-state index is -0.237. The van der Waals surface area contributed by atoms with Gasteiger partial charge in [0.05, 0.1) is 0 Å². The summed E-state index contributed by atoms with van der Waals surface area (Å²) in [6.07, 6.45) is 0. The number of carbonyl (C=O) groups excluding carboxylic acids is 1. The second kappa shape index (κ2) is 6.03. The first kappa shape index (κ1) is 15.8. The zero-order valence-corrected chi connectivity index (χ0v) is 14.7. The highest BCUT2D eigenvalue weighted by molar-refractivity contribution is 9.10. The van der Waals surface area contributed by atoms with Crippen LogP contribution in [0.15, 0.2) is 16.6 Å². The van der Waals surface area contributed by atoms with Gasteiger partial charge < -0.3 is 16.0 Å². The van der Waals surface area contributed by atoms with Crippen LogP contribution in [-0.2, 0) is 0 Å². The molecule has 5 nitrogen and oxygen atoms in total. The monoisotopic (exact) mass is 368 g/mol. The first-order valence-corrected chi connectivity index (χ1v) is 7.92. The van der Waals surface area contributed by atoms with Gasteiger partial charge in [0.2, 0.25) is 0 Å². The van der Waals surface area contributed by atoms with Crippen LogP contribution >= 0.6 is 27.3 Å². The molecule has 2 aromatic rings. The third-order valence-corrected chi connectivity index (χ3v) is 5.41. The quantitative estimate of drug-likeness (QED) is 0.870. The van der Waals surface area contributed by atoms with Crippen LogP contribution in [0.5, 0.6) is 0 Å². The number of carbonyl (C=O) groups is 1. The molecule has 0 spiro atoms. The second-order valence-electron chi connectivity index (χ2n) is 4.98. The number of nitrogen functional groups attached to an aromatic ring is 1. The van der Waals surface area contributed by atoms with E-state index in [1.807, 2.05) is 45.0 Å². The molecular formula is C14H17BrN4OS. The van der Waals surface area contributed by atoms with E-state index >= 15 is 0 Å². The van der Waals surface area contributed by atoms with E-state index < -0.39 is 0 Å². The molecule has 0 bridgehead atoms. The van der Waals surface area contributed by atoms with Gasteiger partial charge >= 0.3 is 0 Å².